The lowest BCUT2D eigenvalue weighted by Crippen LogP contribution is -2.51. The molecule has 3 rings (SSSR count). The molecule has 3 fully saturated rings. The van der Waals surface area contributed by atoms with Crippen LogP contribution >= 0.6 is 11.6 Å². The van der Waals surface area contributed by atoms with E-state index in [-0.39, 0.29) is 5.38 Å². The normalized spacial score (nSPS) is 59.4. The number of carbonyl (C=O) groups excluding carboxylic acids is 1. The second kappa shape index (κ2) is 1.82. The number of hydrogen-bond donors (Lipinski definition) is 0. The average molecular weight is 171 g/mol. The Balaban J connectivity index is 1.95. The summed E-state index contributed by atoms with van der Waals surface area (Å²) in [7, 11) is 0. The summed E-state index contributed by atoms with van der Waals surface area (Å²) in [5.74, 6) is 2.88. The van der Waals surface area contributed by atoms with Crippen molar-refractivity contribution in [3.05, 3.63) is 0 Å². The van der Waals surface area contributed by atoms with E-state index in [2.05, 4.69) is 0 Å². The maximum absolute atomic E-state index is 11.3. The molecule has 60 valence electrons. The minimum absolute atomic E-state index is 0.102. The van der Waals surface area contributed by atoms with E-state index in [0.717, 1.165) is 11.8 Å². The Morgan fingerprint density at radius 1 is 1.27 bits per heavy atom. The standard InChI is InChI=1S/C9H11ClO/c10-8-6-4-1-2-5(3-4)7(6)9(8)11/h4-8H,1-3H2/t4?,5?,6-,7+,8-/m1/s1. The Kier molecular flexibility index (Phi) is 1.07. The molecule has 0 N–H and O–H groups in total. The number of rotatable bonds is 0. The van der Waals surface area contributed by atoms with Crippen molar-refractivity contribution < 1.29 is 4.79 Å². The van der Waals surface area contributed by atoms with Crippen molar-refractivity contribution in [1.29, 1.82) is 0 Å². The largest absolute Gasteiger partial charge is 0.298 e. The van der Waals surface area contributed by atoms with Crippen molar-refractivity contribution in [3.63, 3.8) is 0 Å². The smallest absolute Gasteiger partial charge is 0.154 e. The molecule has 0 saturated heterocycles. The lowest BCUT2D eigenvalue weighted by Gasteiger charge is -2.42. The third-order valence-electron chi connectivity index (χ3n) is 3.92. The Labute approximate surface area is 71.1 Å². The highest BCUT2D eigenvalue weighted by Crippen LogP contribution is 2.60. The molecule has 11 heavy (non-hydrogen) atoms. The molecule has 5 atom stereocenters. The van der Waals surface area contributed by atoms with Crippen LogP contribution in [-0.4, -0.2) is 11.2 Å². The number of halogens is 1. The van der Waals surface area contributed by atoms with Crippen molar-refractivity contribution in [1.82, 2.24) is 0 Å². The Morgan fingerprint density at radius 2 is 2.00 bits per heavy atom. The summed E-state index contributed by atoms with van der Waals surface area (Å²) >= 11 is 5.94. The van der Waals surface area contributed by atoms with Gasteiger partial charge in [0.05, 0.1) is 5.38 Å². The number of hydrogen-bond acceptors (Lipinski definition) is 1. The first kappa shape index (κ1) is 6.47. The van der Waals surface area contributed by atoms with E-state index in [0.29, 0.717) is 17.6 Å². The molecular weight excluding hydrogens is 160 g/mol. The third kappa shape index (κ3) is 0.581. The molecule has 2 bridgehead atoms. The van der Waals surface area contributed by atoms with Crippen LogP contribution < -0.4 is 0 Å². The molecule has 2 unspecified atom stereocenters. The number of Topliss-reactive ketones (excluding diaryl/α,β-unsaturated/α-hetero) is 1. The van der Waals surface area contributed by atoms with Crippen LogP contribution in [0, 0.1) is 23.7 Å². The second-order valence-electron chi connectivity index (χ2n) is 4.24. The van der Waals surface area contributed by atoms with Gasteiger partial charge in [-0.2, -0.15) is 0 Å². The third-order valence-corrected chi connectivity index (χ3v) is 4.42. The van der Waals surface area contributed by atoms with Gasteiger partial charge in [0.1, 0.15) is 0 Å². The van der Waals surface area contributed by atoms with Crippen molar-refractivity contribution in [2.45, 2.75) is 24.6 Å². The molecule has 2 heteroatoms. The molecule has 0 aromatic heterocycles. The van der Waals surface area contributed by atoms with Gasteiger partial charge in [-0.1, -0.05) is 0 Å². The van der Waals surface area contributed by atoms with E-state index in [1.165, 1.54) is 19.3 Å². The fourth-order valence-electron chi connectivity index (χ4n) is 3.43. The molecule has 0 radical (unpaired) electrons. The highest BCUT2D eigenvalue weighted by Gasteiger charge is 2.62. The maximum atomic E-state index is 11.3. The molecule has 0 aliphatic heterocycles. The van der Waals surface area contributed by atoms with E-state index >= 15 is 0 Å². The number of alkyl halides is 1. The first-order chi connectivity index (χ1) is 5.29. The highest BCUT2D eigenvalue weighted by atomic mass is 35.5. The zero-order valence-electron chi connectivity index (χ0n) is 6.29. The Bertz CT molecular complexity index is 226. The molecule has 1 nitrogen and oxygen atoms in total. The summed E-state index contributed by atoms with van der Waals surface area (Å²) in [5.41, 5.74) is 0. The minimum atomic E-state index is -0.102. The van der Waals surface area contributed by atoms with E-state index in [9.17, 15) is 4.79 Å². The summed E-state index contributed by atoms with van der Waals surface area (Å²) in [6.07, 6.45) is 3.92. The van der Waals surface area contributed by atoms with Gasteiger partial charge in [0.15, 0.2) is 5.78 Å². The number of fused-ring (bicyclic) bond motifs is 5. The van der Waals surface area contributed by atoms with Crippen LogP contribution in [0.25, 0.3) is 0 Å². The SMILES string of the molecule is O=C1[C@H](Cl)[C@@H]2C3CCC(C3)[C@H]12. The van der Waals surface area contributed by atoms with Gasteiger partial charge in [-0.05, 0) is 37.0 Å². The molecule has 0 spiro atoms. The van der Waals surface area contributed by atoms with Gasteiger partial charge in [0.25, 0.3) is 0 Å². The van der Waals surface area contributed by atoms with Crippen LogP contribution in [0.5, 0.6) is 0 Å². The van der Waals surface area contributed by atoms with E-state index < -0.39 is 0 Å². The fourth-order valence-corrected chi connectivity index (χ4v) is 3.94. The topological polar surface area (TPSA) is 17.1 Å². The number of carbonyl (C=O) groups is 1. The lowest BCUT2D eigenvalue weighted by atomic mass is 9.64. The second-order valence-corrected chi connectivity index (χ2v) is 4.71. The average Bonchev–Trinajstić information content (AvgIpc) is 2.58. The Morgan fingerprint density at radius 3 is 2.73 bits per heavy atom. The predicted molar refractivity (Wildman–Crippen MR) is 42.5 cm³/mol. The first-order valence-corrected chi connectivity index (χ1v) is 4.90. The molecular formula is C9H11ClO. The van der Waals surface area contributed by atoms with Crippen LogP contribution in [0.4, 0.5) is 0 Å². The van der Waals surface area contributed by atoms with Gasteiger partial charge in [-0.15, -0.1) is 11.6 Å². The maximum Gasteiger partial charge on any atom is 0.154 e. The first-order valence-electron chi connectivity index (χ1n) is 4.47. The van der Waals surface area contributed by atoms with Gasteiger partial charge in [0, 0.05) is 5.92 Å². The van der Waals surface area contributed by atoms with Crippen molar-refractivity contribution in [2.24, 2.45) is 23.7 Å². The van der Waals surface area contributed by atoms with E-state index in [1.54, 1.807) is 0 Å². The minimum Gasteiger partial charge on any atom is -0.298 e. The van der Waals surface area contributed by atoms with Crippen LogP contribution in [0.15, 0.2) is 0 Å². The molecule has 0 aromatic rings. The summed E-state index contributed by atoms with van der Waals surface area (Å²) in [4.78, 5) is 11.3. The zero-order chi connectivity index (χ0) is 7.59. The number of ketones is 1. The van der Waals surface area contributed by atoms with E-state index in [4.69, 9.17) is 11.6 Å². The van der Waals surface area contributed by atoms with Gasteiger partial charge >= 0.3 is 0 Å². The highest BCUT2D eigenvalue weighted by molar-refractivity contribution is 6.34. The molecule has 0 aromatic carbocycles. The molecule has 0 amide bonds. The molecule has 3 aliphatic carbocycles. The zero-order valence-corrected chi connectivity index (χ0v) is 7.05. The molecule has 3 aliphatic rings. The van der Waals surface area contributed by atoms with Gasteiger partial charge in [0.2, 0.25) is 0 Å². The quantitative estimate of drug-likeness (QED) is 0.507. The van der Waals surface area contributed by atoms with Crippen LogP contribution in [0.3, 0.4) is 0 Å². The molecule has 3 saturated carbocycles. The van der Waals surface area contributed by atoms with Gasteiger partial charge < -0.3 is 0 Å². The van der Waals surface area contributed by atoms with Crippen LogP contribution in [0.2, 0.25) is 0 Å². The summed E-state index contributed by atoms with van der Waals surface area (Å²) in [6, 6.07) is 0. The summed E-state index contributed by atoms with van der Waals surface area (Å²) in [6.45, 7) is 0. The summed E-state index contributed by atoms with van der Waals surface area (Å²) < 4.78 is 0. The monoisotopic (exact) mass is 170 g/mol. The van der Waals surface area contributed by atoms with Gasteiger partial charge in [-0.3, -0.25) is 4.79 Å². The van der Waals surface area contributed by atoms with Crippen LogP contribution in [-0.2, 0) is 4.79 Å². The summed E-state index contributed by atoms with van der Waals surface area (Å²) in [5, 5.41) is -0.102. The fraction of sp³-hybridized carbons (Fsp3) is 0.889. The van der Waals surface area contributed by atoms with Crippen molar-refractivity contribution in [2.75, 3.05) is 0 Å². The van der Waals surface area contributed by atoms with Crippen molar-refractivity contribution in [3.8, 4) is 0 Å². The predicted octanol–water partition coefficient (Wildman–Crippen LogP) is 1.84. The van der Waals surface area contributed by atoms with E-state index in [1.807, 2.05) is 0 Å². The van der Waals surface area contributed by atoms with Crippen molar-refractivity contribution >= 4 is 17.4 Å². The van der Waals surface area contributed by atoms with Crippen LogP contribution in [0.1, 0.15) is 19.3 Å². The molecule has 0 heterocycles. The lowest BCUT2D eigenvalue weighted by molar-refractivity contribution is -0.136. The Hall–Kier alpha value is -0.0400. The van der Waals surface area contributed by atoms with Gasteiger partial charge in [-0.25, -0.2) is 0 Å².